The standard InChI is InChI=1S/C14H15BrFNO3/c15-11-4-3-9(16)7-10(11)12(18)17-8-14(13(19)20)5-1-2-6-14/h3-4,7H,1-2,5-6,8H2,(H,17,18)(H,19,20). The highest BCUT2D eigenvalue weighted by atomic mass is 79.9. The second-order valence-electron chi connectivity index (χ2n) is 5.10. The van der Waals surface area contributed by atoms with Crippen molar-refractivity contribution < 1.29 is 19.1 Å². The van der Waals surface area contributed by atoms with E-state index in [9.17, 15) is 19.1 Å². The first-order valence-electron chi connectivity index (χ1n) is 6.41. The third kappa shape index (κ3) is 3.00. The van der Waals surface area contributed by atoms with Crippen LogP contribution in [0.5, 0.6) is 0 Å². The third-order valence-corrected chi connectivity index (χ3v) is 4.47. The molecule has 1 aliphatic carbocycles. The average molecular weight is 344 g/mol. The first-order valence-corrected chi connectivity index (χ1v) is 7.21. The van der Waals surface area contributed by atoms with Gasteiger partial charge in [0.25, 0.3) is 5.91 Å². The number of nitrogens with one attached hydrogen (secondary N) is 1. The van der Waals surface area contributed by atoms with Gasteiger partial charge in [0.05, 0.1) is 11.0 Å². The lowest BCUT2D eigenvalue weighted by Gasteiger charge is -2.24. The van der Waals surface area contributed by atoms with E-state index in [1.807, 2.05) is 0 Å². The maximum absolute atomic E-state index is 13.2. The maximum Gasteiger partial charge on any atom is 0.311 e. The van der Waals surface area contributed by atoms with Gasteiger partial charge in [-0.15, -0.1) is 0 Å². The number of halogens is 2. The molecule has 1 amide bonds. The van der Waals surface area contributed by atoms with Gasteiger partial charge in [0.1, 0.15) is 5.82 Å². The predicted octanol–water partition coefficient (Wildman–Crippen LogP) is 2.96. The second kappa shape index (κ2) is 5.91. The van der Waals surface area contributed by atoms with Crippen LogP contribution in [0, 0.1) is 11.2 Å². The van der Waals surface area contributed by atoms with E-state index in [-0.39, 0.29) is 12.1 Å². The lowest BCUT2D eigenvalue weighted by Crippen LogP contribution is -2.41. The Hall–Kier alpha value is -1.43. The molecule has 0 radical (unpaired) electrons. The van der Waals surface area contributed by atoms with Crippen LogP contribution in [0.4, 0.5) is 4.39 Å². The highest BCUT2D eigenvalue weighted by molar-refractivity contribution is 9.10. The largest absolute Gasteiger partial charge is 0.481 e. The van der Waals surface area contributed by atoms with Gasteiger partial charge < -0.3 is 10.4 Å². The molecule has 20 heavy (non-hydrogen) atoms. The molecular weight excluding hydrogens is 329 g/mol. The van der Waals surface area contributed by atoms with Gasteiger partial charge in [-0.1, -0.05) is 12.8 Å². The summed E-state index contributed by atoms with van der Waals surface area (Å²) >= 11 is 3.18. The number of amides is 1. The number of benzene rings is 1. The fourth-order valence-corrected chi connectivity index (χ4v) is 2.96. The van der Waals surface area contributed by atoms with Gasteiger partial charge in [0.15, 0.2) is 0 Å². The van der Waals surface area contributed by atoms with Crippen molar-refractivity contribution in [2.75, 3.05) is 6.54 Å². The van der Waals surface area contributed by atoms with Crippen LogP contribution >= 0.6 is 15.9 Å². The van der Waals surface area contributed by atoms with Gasteiger partial charge in [-0.3, -0.25) is 9.59 Å². The number of carboxylic acids is 1. The van der Waals surface area contributed by atoms with Gasteiger partial charge in [-0.05, 0) is 47.0 Å². The zero-order chi connectivity index (χ0) is 14.8. The topological polar surface area (TPSA) is 66.4 Å². The van der Waals surface area contributed by atoms with Crippen molar-refractivity contribution in [2.45, 2.75) is 25.7 Å². The SMILES string of the molecule is O=C(NCC1(C(=O)O)CCCC1)c1cc(F)ccc1Br. The zero-order valence-corrected chi connectivity index (χ0v) is 12.4. The molecule has 1 aromatic rings. The molecular formula is C14H15BrFNO3. The van der Waals surface area contributed by atoms with Crippen LogP contribution in [0.3, 0.4) is 0 Å². The average Bonchev–Trinajstić information content (AvgIpc) is 2.89. The van der Waals surface area contributed by atoms with Gasteiger partial charge >= 0.3 is 5.97 Å². The predicted molar refractivity (Wildman–Crippen MR) is 75.0 cm³/mol. The van der Waals surface area contributed by atoms with Gasteiger partial charge in [0.2, 0.25) is 0 Å². The number of rotatable bonds is 4. The Labute approximate surface area is 124 Å². The summed E-state index contributed by atoms with van der Waals surface area (Å²) < 4.78 is 13.6. The first-order chi connectivity index (χ1) is 9.44. The number of carboxylic acid groups (broad SMARTS) is 1. The lowest BCUT2D eigenvalue weighted by atomic mass is 9.86. The molecule has 6 heteroatoms. The summed E-state index contributed by atoms with van der Waals surface area (Å²) in [6.07, 6.45) is 2.83. The van der Waals surface area contributed by atoms with Crippen LogP contribution in [0.2, 0.25) is 0 Å². The van der Waals surface area contributed by atoms with E-state index < -0.39 is 23.1 Å². The van der Waals surface area contributed by atoms with Crippen molar-refractivity contribution in [3.8, 4) is 0 Å². The van der Waals surface area contributed by atoms with Crippen molar-refractivity contribution in [1.82, 2.24) is 5.32 Å². The van der Waals surface area contributed by atoms with Crippen LogP contribution in [0.1, 0.15) is 36.0 Å². The van der Waals surface area contributed by atoms with Crippen molar-refractivity contribution >= 4 is 27.8 Å². The normalized spacial score (nSPS) is 16.9. The number of carbonyl (C=O) groups excluding carboxylic acids is 1. The molecule has 2 rings (SSSR count). The molecule has 4 nitrogen and oxygen atoms in total. The Morgan fingerprint density at radius 2 is 2.00 bits per heavy atom. The fourth-order valence-electron chi connectivity index (χ4n) is 2.53. The number of carbonyl (C=O) groups is 2. The van der Waals surface area contributed by atoms with E-state index in [4.69, 9.17) is 0 Å². The van der Waals surface area contributed by atoms with Crippen molar-refractivity contribution in [1.29, 1.82) is 0 Å². The summed E-state index contributed by atoms with van der Waals surface area (Å²) in [6.45, 7) is 0.0735. The lowest BCUT2D eigenvalue weighted by molar-refractivity contribution is -0.148. The Bertz CT molecular complexity index is 541. The highest BCUT2D eigenvalue weighted by Crippen LogP contribution is 2.37. The summed E-state index contributed by atoms with van der Waals surface area (Å²) in [5, 5.41) is 11.9. The smallest absolute Gasteiger partial charge is 0.311 e. The fraction of sp³-hybridized carbons (Fsp3) is 0.429. The summed E-state index contributed by atoms with van der Waals surface area (Å²) in [5.74, 6) is -1.86. The Kier molecular flexibility index (Phi) is 4.42. The molecule has 108 valence electrons. The number of hydrogen-bond acceptors (Lipinski definition) is 2. The van der Waals surface area contributed by atoms with Gasteiger partial charge in [-0.2, -0.15) is 0 Å². The Morgan fingerprint density at radius 3 is 2.60 bits per heavy atom. The highest BCUT2D eigenvalue weighted by Gasteiger charge is 2.41. The molecule has 0 aliphatic heterocycles. The molecule has 0 spiro atoms. The van der Waals surface area contributed by atoms with E-state index >= 15 is 0 Å². The molecule has 0 unspecified atom stereocenters. The van der Waals surface area contributed by atoms with Crippen LogP contribution in [-0.4, -0.2) is 23.5 Å². The van der Waals surface area contributed by atoms with E-state index in [1.54, 1.807) is 0 Å². The minimum atomic E-state index is -0.881. The molecule has 1 saturated carbocycles. The summed E-state index contributed by atoms with van der Waals surface area (Å²) in [7, 11) is 0. The van der Waals surface area contributed by atoms with Crippen molar-refractivity contribution in [2.24, 2.45) is 5.41 Å². The van der Waals surface area contributed by atoms with Gasteiger partial charge in [-0.25, -0.2) is 4.39 Å². The number of aliphatic carboxylic acids is 1. The third-order valence-electron chi connectivity index (χ3n) is 3.77. The Balaban J connectivity index is 2.08. The molecule has 1 aromatic carbocycles. The van der Waals surface area contributed by atoms with Crippen LogP contribution < -0.4 is 5.32 Å². The summed E-state index contributed by atoms with van der Waals surface area (Å²) in [6, 6.07) is 3.82. The van der Waals surface area contributed by atoms with E-state index in [0.717, 1.165) is 18.9 Å². The second-order valence-corrected chi connectivity index (χ2v) is 5.95. The number of hydrogen-bond donors (Lipinski definition) is 2. The molecule has 2 N–H and O–H groups in total. The van der Waals surface area contributed by atoms with Crippen LogP contribution in [0.25, 0.3) is 0 Å². The first kappa shape index (κ1) is 15.0. The van der Waals surface area contributed by atoms with Crippen LogP contribution in [-0.2, 0) is 4.79 Å². The quantitative estimate of drug-likeness (QED) is 0.883. The monoisotopic (exact) mass is 343 g/mol. The molecule has 0 atom stereocenters. The minimum Gasteiger partial charge on any atom is -0.481 e. The molecule has 0 bridgehead atoms. The van der Waals surface area contributed by atoms with Crippen molar-refractivity contribution in [3.05, 3.63) is 34.1 Å². The molecule has 0 aromatic heterocycles. The summed E-state index contributed by atoms with van der Waals surface area (Å²) in [4.78, 5) is 23.4. The van der Waals surface area contributed by atoms with E-state index in [2.05, 4.69) is 21.2 Å². The molecule has 1 fully saturated rings. The molecule has 0 heterocycles. The van der Waals surface area contributed by atoms with Gasteiger partial charge in [0, 0.05) is 11.0 Å². The molecule has 0 saturated heterocycles. The van der Waals surface area contributed by atoms with Crippen molar-refractivity contribution in [3.63, 3.8) is 0 Å². The zero-order valence-electron chi connectivity index (χ0n) is 10.8. The molecule has 1 aliphatic rings. The van der Waals surface area contributed by atoms with E-state index in [1.165, 1.54) is 12.1 Å². The summed E-state index contributed by atoms with van der Waals surface area (Å²) in [5.41, 5.74) is -0.710. The van der Waals surface area contributed by atoms with E-state index in [0.29, 0.717) is 17.3 Å². The Morgan fingerprint density at radius 1 is 1.35 bits per heavy atom. The minimum absolute atomic E-state index is 0.0735. The van der Waals surface area contributed by atoms with Crippen LogP contribution in [0.15, 0.2) is 22.7 Å². The maximum atomic E-state index is 13.2.